The first-order valence-corrected chi connectivity index (χ1v) is 27.2. The molecule has 10 rings (SSSR count). The number of aryl methyl sites for hydroxylation is 1. The zero-order valence-electron chi connectivity index (χ0n) is 42.8. The molecule has 7 heterocycles. The number of pyridine rings is 1. The number of aromatic nitrogens is 4. The maximum atomic E-state index is 14.4. The molecule has 386 valence electrons. The van der Waals surface area contributed by atoms with Crippen molar-refractivity contribution in [3.8, 4) is 27.6 Å². The van der Waals surface area contributed by atoms with E-state index in [1.807, 2.05) is 65.0 Å². The van der Waals surface area contributed by atoms with Gasteiger partial charge >= 0.3 is 0 Å². The van der Waals surface area contributed by atoms with E-state index in [4.69, 9.17) is 5.73 Å². The number of amides is 3. The number of para-hydroxylation sites is 1. The topological polar surface area (TPSA) is 206 Å². The highest BCUT2D eigenvalue weighted by molar-refractivity contribution is 7.13. The molecule has 2 unspecified atom stereocenters. The lowest BCUT2D eigenvalue weighted by atomic mass is 9.81. The van der Waals surface area contributed by atoms with Crippen molar-refractivity contribution < 1.29 is 24.6 Å². The quantitative estimate of drug-likeness (QED) is 0.0838. The first-order valence-electron chi connectivity index (χ1n) is 26.3. The molecule has 17 heteroatoms. The maximum absolute atomic E-state index is 14.4. The number of piperazine rings is 1. The van der Waals surface area contributed by atoms with E-state index in [-0.39, 0.29) is 48.4 Å². The van der Waals surface area contributed by atoms with Crippen LogP contribution in [0.1, 0.15) is 114 Å². The number of benzene rings is 2. The lowest BCUT2D eigenvalue weighted by Gasteiger charge is -2.44. The van der Waals surface area contributed by atoms with Gasteiger partial charge in [0.25, 0.3) is 0 Å². The molecule has 73 heavy (non-hydrogen) atoms. The summed E-state index contributed by atoms with van der Waals surface area (Å²) in [6, 6.07) is 21.4. The number of phenolic OH excluding ortho intramolecular Hbond substituents is 1. The molecule has 5 fully saturated rings. The fourth-order valence-electron chi connectivity index (χ4n) is 12.3. The Hall–Kier alpha value is -6.17. The molecule has 2 aromatic carbocycles. The summed E-state index contributed by atoms with van der Waals surface area (Å²) in [6.45, 7) is 13.4. The number of likely N-dealkylation sites (tertiary alicyclic amines) is 2. The van der Waals surface area contributed by atoms with E-state index in [0.717, 1.165) is 105 Å². The monoisotopic (exact) mass is 1010 g/mol. The highest BCUT2D eigenvalue weighted by Gasteiger charge is 2.46. The molecule has 0 spiro atoms. The minimum Gasteiger partial charge on any atom is -0.507 e. The molecule has 0 radical (unpaired) electrons. The van der Waals surface area contributed by atoms with Gasteiger partial charge < -0.3 is 46.2 Å². The number of carbonyl (C=O) groups excluding carboxylic acids is 3. The molecule has 2 bridgehead atoms. The van der Waals surface area contributed by atoms with Crippen molar-refractivity contribution in [2.45, 2.75) is 141 Å². The summed E-state index contributed by atoms with van der Waals surface area (Å²) in [5, 5.41) is 36.0. The van der Waals surface area contributed by atoms with E-state index in [1.54, 1.807) is 23.8 Å². The summed E-state index contributed by atoms with van der Waals surface area (Å²) in [4.78, 5) is 61.2. The standard InChI is InChI=1S/C56H71N11O5S/c1-33(38-14-21-45(58-28-38)50-34(2)59-32-73-50)60-54(71)48-26-43(68)31-66(48)55(72)51(56(3,4)5)61-53(70)37-12-15-39(16-13-37)64-24-22-36(23-25-64)35-10-17-40(18-11-35)67-41-19-20-42(67)30-65(29-41)47-27-46(62-63-52(47)57)44-8-6-7-9-49(44)69/h6-11,14,17-18,21,27-28,32-33,36-37,39,41-43,48,51,68-69H,12-13,15-16,19-20,22-26,29-31H2,1-5H3,(H2,57,63)(H,60,71)(H,61,70)/t33-,37?,39?,41?,42?,43+,48-,51+/m0/s1. The van der Waals surface area contributed by atoms with Crippen LogP contribution in [0.25, 0.3) is 21.8 Å². The van der Waals surface area contributed by atoms with Crippen molar-refractivity contribution in [3.05, 3.63) is 95.3 Å². The van der Waals surface area contributed by atoms with Crippen LogP contribution in [0.3, 0.4) is 0 Å². The van der Waals surface area contributed by atoms with Crippen LogP contribution >= 0.6 is 11.3 Å². The van der Waals surface area contributed by atoms with Gasteiger partial charge in [-0.15, -0.1) is 21.5 Å². The van der Waals surface area contributed by atoms with Crippen LogP contribution in [0.5, 0.6) is 5.75 Å². The molecule has 4 aliphatic heterocycles. The zero-order valence-corrected chi connectivity index (χ0v) is 43.6. The Morgan fingerprint density at radius 3 is 2.15 bits per heavy atom. The molecule has 4 saturated heterocycles. The number of fused-ring (bicyclic) bond motifs is 2. The van der Waals surface area contributed by atoms with Gasteiger partial charge in [-0.05, 0) is 137 Å². The van der Waals surface area contributed by atoms with Gasteiger partial charge in [-0.2, -0.15) is 0 Å². The number of carbonyl (C=O) groups is 3. The van der Waals surface area contributed by atoms with Gasteiger partial charge in [0.1, 0.15) is 17.8 Å². The lowest BCUT2D eigenvalue weighted by Crippen LogP contribution is -2.58. The summed E-state index contributed by atoms with van der Waals surface area (Å²) in [5.74, 6) is 0.0827. The number of nitrogens with two attached hydrogens (primary N) is 1. The number of hydrogen-bond donors (Lipinski definition) is 5. The molecule has 5 aliphatic rings. The summed E-state index contributed by atoms with van der Waals surface area (Å²) in [7, 11) is 0. The van der Waals surface area contributed by atoms with Gasteiger partial charge in [0, 0.05) is 67.5 Å². The number of anilines is 3. The van der Waals surface area contributed by atoms with E-state index < -0.39 is 23.6 Å². The average Bonchev–Trinajstić information content (AvgIpc) is 4.09. The normalized spacial score (nSPS) is 24.6. The number of nitrogens with zero attached hydrogens (tertiary/aromatic N) is 8. The Morgan fingerprint density at radius 1 is 0.808 bits per heavy atom. The van der Waals surface area contributed by atoms with E-state index in [1.165, 1.54) is 27.5 Å². The van der Waals surface area contributed by atoms with E-state index in [9.17, 15) is 24.6 Å². The number of aromatic hydroxyl groups is 1. The molecule has 6 N–H and O–H groups in total. The second-order valence-electron chi connectivity index (χ2n) is 22.3. The minimum absolute atomic E-state index is 0.0262. The second kappa shape index (κ2) is 21.0. The number of nitrogens with one attached hydrogen (secondary N) is 2. The average molecular weight is 1010 g/mol. The zero-order chi connectivity index (χ0) is 51.1. The Kier molecular flexibility index (Phi) is 14.5. The number of nitrogen functional groups attached to an aromatic ring is 1. The molecule has 1 saturated carbocycles. The summed E-state index contributed by atoms with van der Waals surface area (Å²) >= 11 is 1.53. The van der Waals surface area contributed by atoms with Crippen molar-refractivity contribution in [2.75, 3.05) is 48.3 Å². The number of β-amino-alcohol motifs (C(OH)–C–C–N with tert-alkyl or cyclic N) is 1. The second-order valence-corrected chi connectivity index (χ2v) is 23.2. The largest absolute Gasteiger partial charge is 0.507 e. The van der Waals surface area contributed by atoms with Crippen molar-refractivity contribution in [1.82, 2.24) is 40.6 Å². The maximum Gasteiger partial charge on any atom is 0.246 e. The number of rotatable bonds is 12. The molecule has 3 aromatic heterocycles. The molecular formula is C56H71N11O5S. The Labute approximate surface area is 432 Å². The van der Waals surface area contributed by atoms with Crippen LogP contribution in [0.15, 0.2) is 78.4 Å². The molecule has 5 aromatic rings. The molecule has 6 atom stereocenters. The van der Waals surface area contributed by atoms with Crippen molar-refractivity contribution in [3.63, 3.8) is 0 Å². The number of hydrogen-bond acceptors (Lipinski definition) is 14. The fourth-order valence-corrected chi connectivity index (χ4v) is 13.1. The number of thiazole rings is 1. The predicted octanol–water partition coefficient (Wildman–Crippen LogP) is 7.22. The Bertz CT molecular complexity index is 2750. The Balaban J connectivity index is 0.691. The van der Waals surface area contributed by atoms with Gasteiger partial charge in [0.2, 0.25) is 17.7 Å². The number of piperidine rings is 1. The van der Waals surface area contributed by atoms with Crippen molar-refractivity contribution in [1.29, 1.82) is 0 Å². The predicted molar refractivity (Wildman–Crippen MR) is 285 cm³/mol. The number of aliphatic hydroxyl groups excluding tert-OH is 1. The minimum atomic E-state index is -0.869. The SMILES string of the molecule is Cc1ncsc1-c1ccc([C@H](C)NC(=O)[C@@H]2C[C@@H](O)CN2C(=O)[C@@H](NC(=O)C2CCC(N3CCC(c4ccc(N5C6CCC5CN(c5cc(-c7ccccc7O)nnc5N)C6)cc4)CC3)CC2)C(C)(C)C)cn1. The molecule has 1 aliphatic carbocycles. The highest BCUT2D eigenvalue weighted by Crippen LogP contribution is 2.41. The van der Waals surface area contributed by atoms with Crippen LogP contribution in [0.2, 0.25) is 0 Å². The van der Waals surface area contributed by atoms with E-state index in [2.05, 4.69) is 69.8 Å². The van der Waals surface area contributed by atoms with Crippen LogP contribution in [0, 0.1) is 18.3 Å². The fraction of sp³-hybridized carbons (Fsp3) is 0.518. The first kappa shape index (κ1) is 50.4. The third-order valence-corrected chi connectivity index (χ3v) is 17.4. The van der Waals surface area contributed by atoms with E-state index in [0.29, 0.717) is 41.1 Å². The van der Waals surface area contributed by atoms with Crippen LogP contribution < -0.4 is 26.2 Å². The summed E-state index contributed by atoms with van der Waals surface area (Å²) in [5.41, 5.74) is 14.9. The van der Waals surface area contributed by atoms with Crippen molar-refractivity contribution >= 4 is 46.3 Å². The third-order valence-electron chi connectivity index (χ3n) is 16.5. The molecule has 3 amide bonds. The molecular weight excluding hydrogens is 939 g/mol. The Morgan fingerprint density at radius 2 is 1.51 bits per heavy atom. The van der Waals surface area contributed by atoms with E-state index >= 15 is 0 Å². The third kappa shape index (κ3) is 10.6. The van der Waals surface area contributed by atoms with Crippen LogP contribution in [-0.4, -0.2) is 127 Å². The highest BCUT2D eigenvalue weighted by atomic mass is 32.1. The molecule has 16 nitrogen and oxygen atoms in total. The number of aliphatic hydroxyl groups is 1. The lowest BCUT2D eigenvalue weighted by molar-refractivity contribution is -0.145. The van der Waals surface area contributed by atoms with Crippen molar-refractivity contribution in [2.24, 2.45) is 11.3 Å². The van der Waals surface area contributed by atoms with Gasteiger partial charge in [-0.1, -0.05) is 51.1 Å². The van der Waals surface area contributed by atoms with Gasteiger partial charge in [0.15, 0.2) is 5.82 Å². The van der Waals surface area contributed by atoms with Gasteiger partial charge in [-0.25, -0.2) is 4.98 Å². The van der Waals surface area contributed by atoms with Gasteiger partial charge in [-0.3, -0.25) is 19.4 Å². The smallest absolute Gasteiger partial charge is 0.246 e. The van der Waals surface area contributed by atoms with Crippen LogP contribution in [0.4, 0.5) is 17.2 Å². The summed E-state index contributed by atoms with van der Waals surface area (Å²) in [6.07, 6.45) is 8.85. The first-order chi connectivity index (χ1) is 35.1. The summed E-state index contributed by atoms with van der Waals surface area (Å²) < 4.78 is 0. The van der Waals surface area contributed by atoms with Gasteiger partial charge in [0.05, 0.1) is 45.3 Å². The number of phenols is 1. The van der Waals surface area contributed by atoms with Crippen LogP contribution in [-0.2, 0) is 14.4 Å².